The summed E-state index contributed by atoms with van der Waals surface area (Å²) in [6.45, 7) is 3.72. The number of piperidine rings is 2. The van der Waals surface area contributed by atoms with E-state index in [1.54, 1.807) is 24.3 Å². The van der Waals surface area contributed by atoms with Crippen molar-refractivity contribution in [2.24, 2.45) is 5.73 Å². The van der Waals surface area contributed by atoms with E-state index in [9.17, 15) is 14.7 Å². The number of primary amides is 1. The summed E-state index contributed by atoms with van der Waals surface area (Å²) in [7, 11) is 0. The van der Waals surface area contributed by atoms with Gasteiger partial charge in [0, 0.05) is 37.8 Å². The third kappa shape index (κ3) is 4.74. The lowest BCUT2D eigenvalue weighted by molar-refractivity contribution is 0.0291. The largest absolute Gasteiger partial charge is 0.392 e. The number of hydrogen-bond acceptors (Lipinski definition) is 4. The van der Waals surface area contributed by atoms with Gasteiger partial charge in [0.2, 0.25) is 5.91 Å². The minimum atomic E-state index is -0.454. The van der Waals surface area contributed by atoms with Crippen molar-refractivity contribution in [3.63, 3.8) is 0 Å². The van der Waals surface area contributed by atoms with Crippen LogP contribution in [-0.2, 0) is 6.54 Å². The maximum Gasteiger partial charge on any atom is 0.317 e. The number of nitrogens with one attached hydrogen (secondary N) is 1. The van der Waals surface area contributed by atoms with Crippen LogP contribution in [-0.4, -0.2) is 65.2 Å². The van der Waals surface area contributed by atoms with Crippen LogP contribution in [0.2, 0.25) is 0 Å². The number of hydrogen-bond donors (Lipinski definition) is 3. The van der Waals surface area contributed by atoms with E-state index in [2.05, 4.69) is 10.2 Å². The molecular weight excluding hydrogens is 332 g/mol. The van der Waals surface area contributed by atoms with Crippen LogP contribution < -0.4 is 11.1 Å². The lowest BCUT2D eigenvalue weighted by Crippen LogP contribution is -2.52. The average molecular weight is 360 g/mol. The summed E-state index contributed by atoms with van der Waals surface area (Å²) in [5, 5.41) is 12.8. The fourth-order valence-electron chi connectivity index (χ4n) is 3.83. The fraction of sp³-hybridized carbons (Fsp3) is 0.579. The summed E-state index contributed by atoms with van der Waals surface area (Å²) in [5.74, 6) is -0.454. The van der Waals surface area contributed by atoms with Gasteiger partial charge in [-0.2, -0.15) is 0 Å². The van der Waals surface area contributed by atoms with Crippen LogP contribution in [0.15, 0.2) is 24.3 Å². The highest BCUT2D eigenvalue weighted by atomic mass is 16.3. The molecule has 7 nitrogen and oxygen atoms in total. The van der Waals surface area contributed by atoms with E-state index < -0.39 is 5.91 Å². The molecule has 1 aromatic carbocycles. The highest BCUT2D eigenvalue weighted by Crippen LogP contribution is 2.21. The first-order valence-electron chi connectivity index (χ1n) is 9.36. The first-order chi connectivity index (χ1) is 12.5. The van der Waals surface area contributed by atoms with Crippen molar-refractivity contribution in [1.29, 1.82) is 0 Å². The Morgan fingerprint density at radius 3 is 2.42 bits per heavy atom. The van der Waals surface area contributed by atoms with Crippen molar-refractivity contribution >= 4 is 11.9 Å². The van der Waals surface area contributed by atoms with E-state index in [4.69, 9.17) is 5.73 Å². The summed E-state index contributed by atoms with van der Waals surface area (Å²) in [6, 6.07) is 7.35. The van der Waals surface area contributed by atoms with Gasteiger partial charge in [-0.25, -0.2) is 4.79 Å². The number of likely N-dealkylation sites (tertiary alicyclic amines) is 2. The Labute approximate surface area is 154 Å². The molecule has 2 aliphatic heterocycles. The monoisotopic (exact) mass is 360 g/mol. The minimum absolute atomic E-state index is 0.0545. The van der Waals surface area contributed by atoms with Gasteiger partial charge in [-0.15, -0.1) is 0 Å². The molecule has 0 aliphatic carbocycles. The van der Waals surface area contributed by atoms with Gasteiger partial charge < -0.3 is 21.1 Å². The Bertz CT molecular complexity index is 626. The third-order valence-electron chi connectivity index (χ3n) is 5.38. The Hall–Kier alpha value is -2.12. The van der Waals surface area contributed by atoms with Crippen LogP contribution >= 0.6 is 0 Å². The van der Waals surface area contributed by atoms with Gasteiger partial charge in [0.25, 0.3) is 0 Å². The standard InChI is InChI=1S/C19H28N4O3/c20-18(25)15-5-3-14(4-6-15)12-21-19(26)22-10-7-16(8-11-22)23-9-1-2-17(24)13-23/h3-6,16-17,24H,1-2,7-13H2,(H2,20,25)(H,21,26). The summed E-state index contributed by atoms with van der Waals surface area (Å²) in [5.41, 5.74) is 6.62. The minimum Gasteiger partial charge on any atom is -0.392 e. The number of rotatable bonds is 4. The summed E-state index contributed by atoms with van der Waals surface area (Å²) >= 11 is 0. The lowest BCUT2D eigenvalue weighted by atomic mass is 9.99. The third-order valence-corrected chi connectivity index (χ3v) is 5.38. The van der Waals surface area contributed by atoms with Gasteiger partial charge >= 0.3 is 6.03 Å². The molecule has 0 spiro atoms. The number of aliphatic hydroxyl groups excluding tert-OH is 1. The predicted molar refractivity (Wildman–Crippen MR) is 98.6 cm³/mol. The molecule has 1 aromatic rings. The molecule has 3 rings (SSSR count). The van der Waals surface area contributed by atoms with Crippen LogP contribution in [0.3, 0.4) is 0 Å². The summed E-state index contributed by atoms with van der Waals surface area (Å²) in [6.07, 6.45) is 3.65. The zero-order chi connectivity index (χ0) is 18.5. The Morgan fingerprint density at radius 2 is 1.81 bits per heavy atom. The van der Waals surface area contributed by atoms with Crippen molar-refractivity contribution in [2.75, 3.05) is 26.2 Å². The number of β-amino-alcohol motifs (C(OH)–C–C–N with tert-alkyl or cyclic N) is 1. The molecule has 0 radical (unpaired) electrons. The molecule has 1 unspecified atom stereocenters. The molecule has 2 saturated heterocycles. The van der Waals surface area contributed by atoms with Crippen LogP contribution in [0.25, 0.3) is 0 Å². The highest BCUT2D eigenvalue weighted by molar-refractivity contribution is 5.92. The second-order valence-corrected chi connectivity index (χ2v) is 7.23. The van der Waals surface area contributed by atoms with Gasteiger partial charge in [-0.1, -0.05) is 12.1 Å². The number of carbonyl (C=O) groups excluding carboxylic acids is 2. The molecule has 0 bridgehead atoms. The zero-order valence-electron chi connectivity index (χ0n) is 15.1. The number of urea groups is 1. The van der Waals surface area contributed by atoms with Crippen molar-refractivity contribution in [3.8, 4) is 0 Å². The Morgan fingerprint density at radius 1 is 1.12 bits per heavy atom. The van der Waals surface area contributed by atoms with Crippen molar-refractivity contribution < 1.29 is 14.7 Å². The molecule has 0 aromatic heterocycles. The molecule has 3 amide bonds. The summed E-state index contributed by atoms with van der Waals surface area (Å²) < 4.78 is 0. The molecule has 2 fully saturated rings. The second kappa shape index (κ2) is 8.51. The Balaban J connectivity index is 1.42. The SMILES string of the molecule is NC(=O)c1ccc(CNC(=O)N2CCC(N3CCCC(O)C3)CC2)cc1. The molecule has 2 aliphatic rings. The van der Waals surface area contributed by atoms with E-state index in [0.29, 0.717) is 18.2 Å². The number of nitrogens with two attached hydrogens (primary N) is 1. The predicted octanol–water partition coefficient (Wildman–Crippen LogP) is 0.916. The molecule has 142 valence electrons. The number of amides is 3. The fourth-order valence-corrected chi connectivity index (χ4v) is 3.83. The average Bonchev–Trinajstić information content (AvgIpc) is 2.66. The number of carbonyl (C=O) groups is 2. The summed E-state index contributed by atoms with van der Waals surface area (Å²) in [4.78, 5) is 27.7. The van der Waals surface area contributed by atoms with Crippen LogP contribution in [0, 0.1) is 0 Å². The molecule has 26 heavy (non-hydrogen) atoms. The quantitative estimate of drug-likeness (QED) is 0.743. The first-order valence-corrected chi connectivity index (χ1v) is 9.36. The van der Waals surface area contributed by atoms with E-state index >= 15 is 0 Å². The molecule has 1 atom stereocenters. The molecule has 4 N–H and O–H groups in total. The molecule has 0 saturated carbocycles. The van der Waals surface area contributed by atoms with Gasteiger partial charge in [-0.05, 0) is 49.9 Å². The van der Waals surface area contributed by atoms with Crippen LogP contribution in [0.5, 0.6) is 0 Å². The van der Waals surface area contributed by atoms with Gasteiger partial charge in [0.15, 0.2) is 0 Å². The smallest absolute Gasteiger partial charge is 0.317 e. The lowest BCUT2D eigenvalue weighted by Gasteiger charge is -2.41. The second-order valence-electron chi connectivity index (χ2n) is 7.23. The van der Waals surface area contributed by atoms with E-state index in [0.717, 1.165) is 57.4 Å². The van der Waals surface area contributed by atoms with Crippen molar-refractivity contribution in [3.05, 3.63) is 35.4 Å². The topological polar surface area (TPSA) is 98.9 Å². The normalized spacial score (nSPS) is 22.2. The number of nitrogens with zero attached hydrogens (tertiary/aromatic N) is 2. The van der Waals surface area contributed by atoms with Crippen molar-refractivity contribution in [2.45, 2.75) is 44.4 Å². The van der Waals surface area contributed by atoms with Gasteiger partial charge in [-0.3, -0.25) is 9.69 Å². The number of aliphatic hydroxyl groups is 1. The highest BCUT2D eigenvalue weighted by Gasteiger charge is 2.29. The molecule has 7 heteroatoms. The maximum atomic E-state index is 12.4. The van der Waals surface area contributed by atoms with Crippen LogP contribution in [0.4, 0.5) is 4.79 Å². The zero-order valence-corrected chi connectivity index (χ0v) is 15.1. The van der Waals surface area contributed by atoms with Crippen molar-refractivity contribution in [1.82, 2.24) is 15.1 Å². The Kier molecular flexibility index (Phi) is 6.11. The first kappa shape index (κ1) is 18.7. The van der Waals surface area contributed by atoms with Gasteiger partial charge in [0.05, 0.1) is 6.10 Å². The molecule has 2 heterocycles. The molecular formula is C19H28N4O3. The van der Waals surface area contributed by atoms with E-state index in [1.165, 1.54) is 0 Å². The van der Waals surface area contributed by atoms with E-state index in [-0.39, 0.29) is 12.1 Å². The maximum absolute atomic E-state index is 12.4. The number of benzene rings is 1. The van der Waals surface area contributed by atoms with Gasteiger partial charge in [0.1, 0.15) is 0 Å². The van der Waals surface area contributed by atoms with Crippen LogP contribution in [0.1, 0.15) is 41.6 Å². The van der Waals surface area contributed by atoms with E-state index in [1.807, 2.05) is 4.90 Å².